The molecule has 7 nitrogen and oxygen atoms in total. The number of aromatic nitrogens is 4. The Bertz CT molecular complexity index is 748. The molecule has 2 aromatic heterocycles. The first kappa shape index (κ1) is 13.2. The summed E-state index contributed by atoms with van der Waals surface area (Å²) in [4.78, 5) is 33.2. The summed E-state index contributed by atoms with van der Waals surface area (Å²) in [5.41, 5.74) is 1.06. The van der Waals surface area contributed by atoms with E-state index >= 15 is 0 Å². The van der Waals surface area contributed by atoms with Gasteiger partial charge in [0.25, 0.3) is 11.5 Å². The summed E-state index contributed by atoms with van der Waals surface area (Å²) in [6.07, 6.45) is 4.69. The first-order valence-electron chi connectivity index (χ1n) is 7.60. The van der Waals surface area contributed by atoms with E-state index in [1.165, 1.54) is 6.07 Å². The molecule has 1 aliphatic carbocycles. The monoisotopic (exact) mass is 299 g/mol. The highest BCUT2D eigenvalue weighted by Gasteiger charge is 2.31. The largest absolute Gasteiger partial charge is 0.337 e. The van der Waals surface area contributed by atoms with Gasteiger partial charge in [0.2, 0.25) is 0 Å². The van der Waals surface area contributed by atoms with Crippen LogP contribution in [0.5, 0.6) is 0 Å². The van der Waals surface area contributed by atoms with Crippen molar-refractivity contribution in [2.45, 2.75) is 31.1 Å². The van der Waals surface area contributed by atoms with E-state index in [0.717, 1.165) is 25.0 Å². The van der Waals surface area contributed by atoms with Gasteiger partial charge in [-0.2, -0.15) is 5.10 Å². The molecule has 0 radical (unpaired) electrons. The van der Waals surface area contributed by atoms with Crippen LogP contribution in [0.2, 0.25) is 0 Å². The van der Waals surface area contributed by atoms with Crippen molar-refractivity contribution in [3.05, 3.63) is 45.9 Å². The number of aromatic amines is 2. The van der Waals surface area contributed by atoms with Crippen LogP contribution in [0.25, 0.3) is 0 Å². The molecule has 0 bridgehead atoms. The number of nitrogens with zero attached hydrogens (tertiary/aromatic N) is 3. The number of nitrogens with one attached hydrogen (secondary N) is 2. The van der Waals surface area contributed by atoms with Gasteiger partial charge in [-0.25, -0.2) is 4.98 Å². The third kappa shape index (κ3) is 2.43. The Kier molecular flexibility index (Phi) is 3.06. The van der Waals surface area contributed by atoms with Crippen molar-refractivity contribution in [1.29, 1.82) is 0 Å². The molecule has 2 fully saturated rings. The van der Waals surface area contributed by atoms with Gasteiger partial charge in [-0.15, -0.1) is 0 Å². The number of rotatable bonds is 3. The molecule has 1 aliphatic heterocycles. The van der Waals surface area contributed by atoms with E-state index in [4.69, 9.17) is 0 Å². The highest BCUT2D eigenvalue weighted by molar-refractivity contribution is 5.92. The summed E-state index contributed by atoms with van der Waals surface area (Å²) in [5.74, 6) is 1.09. The van der Waals surface area contributed by atoms with Crippen LogP contribution < -0.4 is 5.56 Å². The molecule has 1 unspecified atom stereocenters. The molecule has 1 saturated heterocycles. The highest BCUT2D eigenvalue weighted by Crippen LogP contribution is 2.37. The van der Waals surface area contributed by atoms with Gasteiger partial charge < -0.3 is 9.88 Å². The molecule has 1 saturated carbocycles. The van der Waals surface area contributed by atoms with E-state index in [-0.39, 0.29) is 23.1 Å². The van der Waals surface area contributed by atoms with Crippen molar-refractivity contribution >= 4 is 5.91 Å². The van der Waals surface area contributed by atoms with Crippen LogP contribution in [-0.2, 0) is 0 Å². The van der Waals surface area contributed by atoms with E-state index in [0.29, 0.717) is 24.8 Å². The van der Waals surface area contributed by atoms with Crippen LogP contribution in [0.15, 0.2) is 23.1 Å². The molecular weight excluding hydrogens is 282 g/mol. The van der Waals surface area contributed by atoms with Crippen LogP contribution in [0.4, 0.5) is 0 Å². The number of amides is 1. The third-order valence-corrected chi connectivity index (χ3v) is 4.38. The molecule has 1 atom stereocenters. The van der Waals surface area contributed by atoms with Crippen molar-refractivity contribution in [3.63, 3.8) is 0 Å². The van der Waals surface area contributed by atoms with Crippen molar-refractivity contribution in [2.75, 3.05) is 13.1 Å². The lowest BCUT2D eigenvalue weighted by Gasteiger charge is -2.16. The number of likely N-dealkylation sites (tertiary alicyclic amines) is 1. The van der Waals surface area contributed by atoms with E-state index < -0.39 is 0 Å². The number of H-pyrrole nitrogens is 2. The van der Waals surface area contributed by atoms with Crippen LogP contribution in [0.1, 0.15) is 53.1 Å². The Labute approximate surface area is 126 Å². The molecule has 2 aliphatic rings. The van der Waals surface area contributed by atoms with Gasteiger partial charge in [0.05, 0.1) is 0 Å². The Morgan fingerprint density at radius 1 is 1.27 bits per heavy atom. The molecule has 0 spiro atoms. The second-order valence-corrected chi connectivity index (χ2v) is 6.04. The van der Waals surface area contributed by atoms with Gasteiger partial charge in [-0.05, 0) is 25.3 Å². The van der Waals surface area contributed by atoms with Gasteiger partial charge >= 0.3 is 0 Å². The van der Waals surface area contributed by atoms with Gasteiger partial charge in [0.1, 0.15) is 11.5 Å². The van der Waals surface area contributed by atoms with E-state index in [9.17, 15) is 9.59 Å². The number of hydrogen-bond acceptors (Lipinski definition) is 4. The first-order valence-corrected chi connectivity index (χ1v) is 7.60. The zero-order valence-electron chi connectivity index (χ0n) is 12.1. The summed E-state index contributed by atoms with van der Waals surface area (Å²) in [6, 6.07) is 3.24. The van der Waals surface area contributed by atoms with Crippen molar-refractivity contribution in [1.82, 2.24) is 25.1 Å². The minimum atomic E-state index is -0.246. The van der Waals surface area contributed by atoms with Crippen LogP contribution in [0.3, 0.4) is 0 Å². The van der Waals surface area contributed by atoms with E-state index in [1.54, 1.807) is 11.1 Å². The van der Waals surface area contributed by atoms with Crippen molar-refractivity contribution in [3.8, 4) is 0 Å². The zero-order chi connectivity index (χ0) is 15.1. The SMILES string of the molecule is O=C(c1cc(=O)[nH]c(C2CC2)n1)N1CCC(c2ccn[nH]2)C1. The molecule has 1 amide bonds. The second kappa shape index (κ2) is 5.08. The van der Waals surface area contributed by atoms with Crippen LogP contribution in [0, 0.1) is 0 Å². The number of hydrogen-bond donors (Lipinski definition) is 2. The normalized spacial score (nSPS) is 21.3. The minimum Gasteiger partial charge on any atom is -0.337 e. The Balaban J connectivity index is 1.54. The Morgan fingerprint density at radius 2 is 2.14 bits per heavy atom. The molecule has 7 heteroatoms. The second-order valence-electron chi connectivity index (χ2n) is 6.04. The quantitative estimate of drug-likeness (QED) is 0.884. The summed E-state index contributed by atoms with van der Waals surface area (Å²) in [5, 5.41) is 6.92. The summed E-state index contributed by atoms with van der Waals surface area (Å²) in [6.45, 7) is 1.31. The fraction of sp³-hybridized carbons (Fsp3) is 0.467. The van der Waals surface area contributed by atoms with Crippen molar-refractivity contribution < 1.29 is 4.79 Å². The standard InChI is InChI=1S/C15H17N5O2/c21-13-7-12(17-14(18-13)9-1-2-9)15(22)20-6-4-10(8-20)11-3-5-16-19-11/h3,5,7,9-10H,1-2,4,6,8H2,(H,16,19)(H,17,18,21). The van der Waals surface area contributed by atoms with Gasteiger partial charge in [0, 0.05) is 42.9 Å². The predicted molar refractivity (Wildman–Crippen MR) is 78.7 cm³/mol. The van der Waals surface area contributed by atoms with Gasteiger partial charge in [-0.1, -0.05) is 0 Å². The van der Waals surface area contributed by atoms with Gasteiger partial charge in [-0.3, -0.25) is 14.7 Å². The lowest BCUT2D eigenvalue weighted by atomic mass is 10.1. The van der Waals surface area contributed by atoms with Crippen LogP contribution >= 0.6 is 0 Å². The molecule has 0 aromatic carbocycles. The molecule has 2 N–H and O–H groups in total. The average Bonchev–Trinajstić information content (AvgIpc) is 3.01. The highest BCUT2D eigenvalue weighted by atomic mass is 16.2. The smallest absolute Gasteiger partial charge is 0.272 e. The molecule has 114 valence electrons. The van der Waals surface area contributed by atoms with E-state index in [2.05, 4.69) is 20.2 Å². The maximum Gasteiger partial charge on any atom is 0.272 e. The van der Waals surface area contributed by atoms with Gasteiger partial charge in [0.15, 0.2) is 0 Å². The summed E-state index contributed by atoms with van der Waals surface area (Å²) >= 11 is 0. The predicted octanol–water partition coefficient (Wildman–Crippen LogP) is 1.00. The van der Waals surface area contributed by atoms with Crippen LogP contribution in [-0.4, -0.2) is 44.1 Å². The molecule has 22 heavy (non-hydrogen) atoms. The molecule has 3 heterocycles. The molecule has 2 aromatic rings. The van der Waals surface area contributed by atoms with E-state index in [1.807, 2.05) is 6.07 Å². The maximum atomic E-state index is 12.6. The van der Waals surface area contributed by atoms with Crippen molar-refractivity contribution in [2.24, 2.45) is 0 Å². The number of carbonyl (C=O) groups excluding carboxylic acids is 1. The fourth-order valence-electron chi connectivity index (χ4n) is 2.99. The Morgan fingerprint density at radius 3 is 2.86 bits per heavy atom. The molecular formula is C15H17N5O2. The lowest BCUT2D eigenvalue weighted by molar-refractivity contribution is 0.0784. The fourth-order valence-corrected chi connectivity index (χ4v) is 2.99. The number of carbonyl (C=O) groups is 1. The summed E-state index contributed by atoms with van der Waals surface area (Å²) in [7, 11) is 0. The zero-order valence-corrected chi connectivity index (χ0v) is 12.1. The topological polar surface area (TPSA) is 94.7 Å². The third-order valence-electron chi connectivity index (χ3n) is 4.38. The first-order chi connectivity index (χ1) is 10.7. The Hall–Kier alpha value is -2.44. The average molecular weight is 299 g/mol. The summed E-state index contributed by atoms with van der Waals surface area (Å²) < 4.78 is 0. The maximum absolute atomic E-state index is 12.6. The molecule has 4 rings (SSSR count). The minimum absolute atomic E-state index is 0.157. The lowest BCUT2D eigenvalue weighted by Crippen LogP contribution is -2.31.